The molecule has 0 aliphatic rings. The van der Waals surface area contributed by atoms with Crippen molar-refractivity contribution in [1.82, 2.24) is 5.43 Å². The Labute approximate surface area is 137 Å². The summed E-state index contributed by atoms with van der Waals surface area (Å²) in [6.45, 7) is 6.20. The van der Waals surface area contributed by atoms with Crippen LogP contribution >= 0.6 is 0 Å². The number of amides is 1. The van der Waals surface area contributed by atoms with Crippen molar-refractivity contribution in [3.8, 4) is 5.75 Å². The van der Waals surface area contributed by atoms with Crippen molar-refractivity contribution in [2.75, 3.05) is 6.61 Å². The molecule has 1 amide bonds. The highest BCUT2D eigenvalue weighted by Crippen LogP contribution is 2.18. The fourth-order valence-electron chi connectivity index (χ4n) is 2.04. The summed E-state index contributed by atoms with van der Waals surface area (Å²) in [5.74, 6) is 0.860. The van der Waals surface area contributed by atoms with E-state index >= 15 is 0 Å². The van der Waals surface area contributed by atoms with Crippen LogP contribution in [0.25, 0.3) is 0 Å². The van der Waals surface area contributed by atoms with Crippen LogP contribution in [0.4, 0.5) is 0 Å². The van der Waals surface area contributed by atoms with E-state index in [4.69, 9.17) is 4.74 Å². The van der Waals surface area contributed by atoms with Crippen molar-refractivity contribution in [2.24, 2.45) is 5.10 Å². The molecular formula is C19H22N2O2. The van der Waals surface area contributed by atoms with Crippen LogP contribution < -0.4 is 10.2 Å². The summed E-state index contributed by atoms with van der Waals surface area (Å²) in [5, 5.41) is 3.95. The van der Waals surface area contributed by atoms with Crippen molar-refractivity contribution in [2.45, 2.75) is 26.7 Å². The zero-order valence-electron chi connectivity index (χ0n) is 13.7. The summed E-state index contributed by atoms with van der Waals surface area (Å²) >= 11 is 0. The average Bonchev–Trinajstić information content (AvgIpc) is 2.55. The minimum Gasteiger partial charge on any atom is -0.484 e. The summed E-state index contributed by atoms with van der Waals surface area (Å²) in [7, 11) is 0. The second kappa shape index (κ2) is 8.13. The van der Waals surface area contributed by atoms with E-state index < -0.39 is 0 Å². The van der Waals surface area contributed by atoms with Gasteiger partial charge in [0, 0.05) is 0 Å². The quantitative estimate of drug-likeness (QED) is 0.654. The van der Waals surface area contributed by atoms with Crippen LogP contribution in [0.2, 0.25) is 0 Å². The van der Waals surface area contributed by atoms with Gasteiger partial charge < -0.3 is 4.74 Å². The number of ether oxygens (including phenoxy) is 1. The van der Waals surface area contributed by atoms with Crippen LogP contribution in [0.3, 0.4) is 0 Å². The van der Waals surface area contributed by atoms with Gasteiger partial charge in [0.15, 0.2) is 6.61 Å². The maximum atomic E-state index is 11.7. The van der Waals surface area contributed by atoms with E-state index in [0.717, 1.165) is 11.1 Å². The van der Waals surface area contributed by atoms with E-state index in [-0.39, 0.29) is 12.5 Å². The maximum Gasteiger partial charge on any atom is 0.277 e. The molecule has 4 heteroatoms. The van der Waals surface area contributed by atoms with Gasteiger partial charge in [-0.1, -0.05) is 50.2 Å². The Morgan fingerprint density at radius 3 is 2.52 bits per heavy atom. The Balaban J connectivity index is 1.80. The van der Waals surface area contributed by atoms with E-state index in [1.54, 1.807) is 6.21 Å². The van der Waals surface area contributed by atoms with E-state index in [9.17, 15) is 4.79 Å². The normalized spacial score (nSPS) is 11.0. The van der Waals surface area contributed by atoms with Crippen LogP contribution in [-0.4, -0.2) is 18.7 Å². The Morgan fingerprint density at radius 2 is 1.87 bits per heavy atom. The van der Waals surface area contributed by atoms with Crippen molar-refractivity contribution >= 4 is 12.1 Å². The fraction of sp³-hybridized carbons (Fsp3) is 0.263. The number of benzene rings is 2. The maximum absolute atomic E-state index is 11.7. The van der Waals surface area contributed by atoms with Crippen molar-refractivity contribution in [1.29, 1.82) is 0 Å². The van der Waals surface area contributed by atoms with E-state index in [1.165, 1.54) is 5.56 Å². The number of hydrogen-bond acceptors (Lipinski definition) is 3. The van der Waals surface area contributed by atoms with Gasteiger partial charge in [-0.15, -0.1) is 0 Å². The first kappa shape index (κ1) is 16.7. The molecule has 120 valence electrons. The molecular weight excluding hydrogens is 288 g/mol. The van der Waals surface area contributed by atoms with Crippen molar-refractivity contribution < 1.29 is 9.53 Å². The summed E-state index contributed by atoms with van der Waals surface area (Å²) in [5.41, 5.74) is 5.78. The minimum atomic E-state index is -0.289. The molecule has 0 saturated carbocycles. The molecule has 1 N–H and O–H groups in total. The third-order valence-electron chi connectivity index (χ3n) is 3.50. The number of aryl methyl sites for hydroxylation is 1. The molecule has 0 radical (unpaired) electrons. The molecule has 0 bridgehead atoms. The van der Waals surface area contributed by atoms with Gasteiger partial charge in [-0.2, -0.15) is 5.10 Å². The smallest absolute Gasteiger partial charge is 0.277 e. The number of hydrazone groups is 1. The Kier molecular flexibility index (Phi) is 5.92. The molecule has 0 spiro atoms. The van der Waals surface area contributed by atoms with E-state index in [1.807, 2.05) is 55.5 Å². The molecule has 0 aliphatic carbocycles. The number of nitrogens with zero attached hydrogens (tertiary/aromatic N) is 1. The lowest BCUT2D eigenvalue weighted by Crippen LogP contribution is -2.24. The van der Waals surface area contributed by atoms with Crippen LogP contribution in [0.15, 0.2) is 53.6 Å². The van der Waals surface area contributed by atoms with Gasteiger partial charge in [0.1, 0.15) is 5.75 Å². The molecule has 0 fully saturated rings. The minimum absolute atomic E-state index is 0.0634. The predicted octanol–water partition coefficient (Wildman–Crippen LogP) is 3.65. The van der Waals surface area contributed by atoms with Gasteiger partial charge >= 0.3 is 0 Å². The van der Waals surface area contributed by atoms with Crippen molar-refractivity contribution in [3.05, 3.63) is 65.2 Å². The molecule has 0 aliphatic heterocycles. The van der Waals surface area contributed by atoms with E-state index in [2.05, 4.69) is 24.4 Å². The van der Waals surface area contributed by atoms with Crippen LogP contribution in [0, 0.1) is 6.92 Å². The second-order valence-corrected chi connectivity index (χ2v) is 5.66. The van der Waals surface area contributed by atoms with Crippen molar-refractivity contribution in [3.63, 3.8) is 0 Å². The summed E-state index contributed by atoms with van der Waals surface area (Å²) in [4.78, 5) is 11.7. The van der Waals surface area contributed by atoms with Gasteiger partial charge in [0.2, 0.25) is 0 Å². The van der Waals surface area contributed by atoms with Crippen LogP contribution in [-0.2, 0) is 4.79 Å². The molecule has 0 heterocycles. The fourth-order valence-corrected chi connectivity index (χ4v) is 2.04. The highest BCUT2D eigenvalue weighted by Gasteiger charge is 2.03. The summed E-state index contributed by atoms with van der Waals surface area (Å²) < 4.78 is 5.44. The van der Waals surface area contributed by atoms with Gasteiger partial charge in [-0.25, -0.2) is 5.43 Å². The molecule has 23 heavy (non-hydrogen) atoms. The topological polar surface area (TPSA) is 50.7 Å². The highest BCUT2D eigenvalue weighted by atomic mass is 16.5. The Bertz CT molecular complexity index is 676. The molecule has 0 saturated heterocycles. The van der Waals surface area contributed by atoms with Gasteiger partial charge in [0.05, 0.1) is 6.21 Å². The number of carbonyl (C=O) groups excluding carboxylic acids is 1. The monoisotopic (exact) mass is 310 g/mol. The average molecular weight is 310 g/mol. The first-order chi connectivity index (χ1) is 11.1. The Morgan fingerprint density at radius 1 is 1.17 bits per heavy atom. The number of nitrogens with one attached hydrogen (secondary N) is 1. The third-order valence-corrected chi connectivity index (χ3v) is 3.50. The third kappa shape index (κ3) is 5.25. The lowest BCUT2D eigenvalue weighted by molar-refractivity contribution is -0.123. The molecule has 0 unspecified atom stereocenters. The van der Waals surface area contributed by atoms with Gasteiger partial charge in [0.25, 0.3) is 5.91 Å². The Hall–Kier alpha value is -2.62. The lowest BCUT2D eigenvalue weighted by Gasteiger charge is -2.08. The van der Waals surface area contributed by atoms with Gasteiger partial charge in [-0.3, -0.25) is 4.79 Å². The zero-order chi connectivity index (χ0) is 16.7. The summed E-state index contributed by atoms with van der Waals surface area (Å²) in [6.07, 6.45) is 1.63. The molecule has 2 aromatic carbocycles. The largest absolute Gasteiger partial charge is 0.484 e. The number of carbonyl (C=O) groups is 1. The van der Waals surface area contributed by atoms with Crippen LogP contribution in [0.5, 0.6) is 5.75 Å². The number of hydrogen-bond donors (Lipinski definition) is 1. The highest BCUT2D eigenvalue weighted by molar-refractivity contribution is 5.84. The molecule has 4 nitrogen and oxygen atoms in total. The first-order valence-corrected chi connectivity index (χ1v) is 7.66. The SMILES string of the molecule is Cc1ccccc1C=NNC(=O)COc1ccc(C(C)C)cc1. The summed E-state index contributed by atoms with van der Waals surface area (Å²) in [6, 6.07) is 15.6. The molecule has 2 aromatic rings. The first-order valence-electron chi connectivity index (χ1n) is 7.66. The van der Waals surface area contributed by atoms with Gasteiger partial charge in [-0.05, 0) is 41.7 Å². The molecule has 0 atom stereocenters. The number of rotatable bonds is 6. The van der Waals surface area contributed by atoms with Crippen LogP contribution in [0.1, 0.15) is 36.5 Å². The van der Waals surface area contributed by atoms with E-state index in [0.29, 0.717) is 11.7 Å². The predicted molar refractivity (Wildman–Crippen MR) is 92.9 cm³/mol. The standard InChI is InChI=1S/C19H22N2O2/c1-14(2)16-8-10-18(11-9-16)23-13-19(22)21-20-12-17-7-5-4-6-15(17)3/h4-12,14H,13H2,1-3H3,(H,21,22). The molecule has 0 aromatic heterocycles. The molecule has 2 rings (SSSR count). The second-order valence-electron chi connectivity index (χ2n) is 5.66. The zero-order valence-corrected chi connectivity index (χ0v) is 13.7. The lowest BCUT2D eigenvalue weighted by atomic mass is 10.0.